The van der Waals surface area contributed by atoms with Gasteiger partial charge in [0.05, 0.1) is 20.3 Å². The van der Waals surface area contributed by atoms with Crippen LogP contribution in [0, 0.1) is 0 Å². The van der Waals surface area contributed by atoms with Gasteiger partial charge in [0.25, 0.3) is 0 Å². The second kappa shape index (κ2) is 13.0. The van der Waals surface area contributed by atoms with Gasteiger partial charge in [0.2, 0.25) is 0 Å². The summed E-state index contributed by atoms with van der Waals surface area (Å²) in [6.07, 6.45) is 7.29. The van der Waals surface area contributed by atoms with E-state index in [2.05, 4.69) is 11.8 Å². The van der Waals surface area contributed by atoms with E-state index in [0.29, 0.717) is 17.9 Å². The normalized spacial score (nSPS) is 16.0. The average Bonchev–Trinajstić information content (AvgIpc) is 2.67. The van der Waals surface area contributed by atoms with Crippen molar-refractivity contribution in [1.82, 2.24) is 4.90 Å². The first kappa shape index (κ1) is 22.7. The van der Waals surface area contributed by atoms with Gasteiger partial charge >= 0.3 is 0 Å². The van der Waals surface area contributed by atoms with Gasteiger partial charge in [0, 0.05) is 19.2 Å². The lowest BCUT2D eigenvalue weighted by atomic mass is 9.94. The van der Waals surface area contributed by atoms with Crippen molar-refractivity contribution in [3.05, 3.63) is 23.8 Å². The number of methoxy groups -OCH3 is 2. The van der Waals surface area contributed by atoms with Crippen LogP contribution in [0.15, 0.2) is 18.2 Å². The van der Waals surface area contributed by atoms with Crippen LogP contribution in [0.5, 0.6) is 11.5 Å². The molecule has 1 saturated carbocycles. The molecule has 0 unspecified atom stereocenters. The number of aliphatic hydroxyl groups excluding tert-OH is 2. The molecule has 1 fully saturated rings. The molecule has 0 radical (unpaired) electrons. The van der Waals surface area contributed by atoms with Gasteiger partial charge in [-0.15, -0.1) is 0 Å². The summed E-state index contributed by atoms with van der Waals surface area (Å²) in [7, 11) is 3.20. The van der Waals surface area contributed by atoms with Gasteiger partial charge in [-0.05, 0) is 50.4 Å². The Morgan fingerprint density at radius 2 is 1.77 bits per heavy atom. The van der Waals surface area contributed by atoms with Crippen LogP contribution in [-0.2, 0) is 6.42 Å². The van der Waals surface area contributed by atoms with Crippen LogP contribution < -0.4 is 9.47 Å². The largest absolute Gasteiger partial charge is 0.493 e. The minimum absolute atomic E-state index is 0.148. The minimum atomic E-state index is -0.179. The summed E-state index contributed by atoms with van der Waals surface area (Å²) in [5, 5.41) is 18.1. The molecule has 0 amide bonds. The van der Waals surface area contributed by atoms with E-state index in [4.69, 9.17) is 14.6 Å². The fraction of sp³-hybridized carbons (Fsp3) is 0.714. The number of hydrogen-bond acceptors (Lipinski definition) is 5. The van der Waals surface area contributed by atoms with Crippen molar-refractivity contribution in [3.8, 4) is 11.5 Å². The molecule has 5 nitrogen and oxygen atoms in total. The van der Waals surface area contributed by atoms with Crippen molar-refractivity contribution in [2.24, 2.45) is 0 Å². The fourth-order valence-corrected chi connectivity index (χ4v) is 3.49. The SMILES string of the molecule is CCN(C[C@@H](C)O)C1CCCCC1.COc1ccc(CCO)cc1OC. The topological polar surface area (TPSA) is 62.2 Å². The zero-order chi connectivity index (χ0) is 19.4. The molecule has 1 aliphatic carbocycles. The van der Waals surface area contributed by atoms with Crippen molar-refractivity contribution in [1.29, 1.82) is 0 Å². The van der Waals surface area contributed by atoms with Gasteiger partial charge in [-0.2, -0.15) is 0 Å². The first-order valence-electron chi connectivity index (χ1n) is 9.79. The van der Waals surface area contributed by atoms with Gasteiger partial charge in [-0.25, -0.2) is 0 Å². The molecule has 0 aromatic heterocycles. The van der Waals surface area contributed by atoms with Gasteiger partial charge in [0.1, 0.15) is 0 Å². The summed E-state index contributed by atoms with van der Waals surface area (Å²) in [5.41, 5.74) is 1.04. The molecule has 1 aliphatic rings. The molecule has 2 rings (SSSR count). The first-order valence-corrected chi connectivity index (χ1v) is 9.79. The maximum absolute atomic E-state index is 9.34. The van der Waals surface area contributed by atoms with Gasteiger partial charge in [-0.3, -0.25) is 4.90 Å². The van der Waals surface area contributed by atoms with E-state index >= 15 is 0 Å². The number of ether oxygens (including phenoxy) is 2. The van der Waals surface area contributed by atoms with Crippen molar-refractivity contribution >= 4 is 0 Å². The van der Waals surface area contributed by atoms with E-state index < -0.39 is 0 Å². The Balaban J connectivity index is 0.000000260. The molecule has 0 saturated heterocycles. The summed E-state index contributed by atoms with van der Waals surface area (Å²) in [4.78, 5) is 2.43. The molecule has 0 spiro atoms. The lowest BCUT2D eigenvalue weighted by Crippen LogP contribution is -2.40. The Morgan fingerprint density at radius 3 is 2.27 bits per heavy atom. The van der Waals surface area contributed by atoms with E-state index in [1.54, 1.807) is 14.2 Å². The summed E-state index contributed by atoms with van der Waals surface area (Å²) in [6, 6.07) is 6.37. The summed E-state index contributed by atoms with van der Waals surface area (Å²) < 4.78 is 10.2. The Bertz CT molecular complexity index is 487. The highest BCUT2D eigenvalue weighted by Crippen LogP contribution is 2.27. The second-order valence-electron chi connectivity index (χ2n) is 6.89. The highest BCUT2D eigenvalue weighted by molar-refractivity contribution is 5.42. The number of hydrogen-bond donors (Lipinski definition) is 2. The van der Waals surface area contributed by atoms with Gasteiger partial charge in [-0.1, -0.05) is 32.3 Å². The number of benzene rings is 1. The zero-order valence-corrected chi connectivity index (χ0v) is 16.9. The van der Waals surface area contributed by atoms with Gasteiger partial charge in [0.15, 0.2) is 11.5 Å². The maximum Gasteiger partial charge on any atom is 0.160 e. The van der Waals surface area contributed by atoms with Crippen LogP contribution in [-0.4, -0.2) is 61.2 Å². The molecule has 2 N–H and O–H groups in total. The smallest absolute Gasteiger partial charge is 0.160 e. The van der Waals surface area contributed by atoms with Crippen LogP contribution in [0.1, 0.15) is 51.5 Å². The van der Waals surface area contributed by atoms with E-state index in [1.165, 1.54) is 32.1 Å². The van der Waals surface area contributed by atoms with Crippen molar-refractivity contribution in [2.45, 2.75) is 64.5 Å². The average molecular weight is 368 g/mol. The first-order chi connectivity index (χ1) is 12.5. The van der Waals surface area contributed by atoms with Crippen molar-refractivity contribution in [2.75, 3.05) is 33.9 Å². The summed E-state index contributed by atoms with van der Waals surface area (Å²) in [5.74, 6) is 1.41. The monoisotopic (exact) mass is 367 g/mol. The molecular weight excluding hydrogens is 330 g/mol. The Kier molecular flexibility index (Phi) is 11.3. The summed E-state index contributed by atoms with van der Waals surface area (Å²) in [6.45, 7) is 6.15. The molecule has 150 valence electrons. The molecular formula is C21H37NO4. The number of nitrogens with zero attached hydrogens (tertiary/aromatic N) is 1. The highest BCUT2D eigenvalue weighted by atomic mass is 16.5. The van der Waals surface area contributed by atoms with Crippen LogP contribution >= 0.6 is 0 Å². The molecule has 5 heteroatoms. The Morgan fingerprint density at radius 1 is 1.12 bits per heavy atom. The van der Waals surface area contributed by atoms with Crippen LogP contribution in [0.25, 0.3) is 0 Å². The predicted molar refractivity (Wildman–Crippen MR) is 106 cm³/mol. The third-order valence-corrected chi connectivity index (χ3v) is 4.84. The quantitative estimate of drug-likeness (QED) is 0.738. The maximum atomic E-state index is 9.34. The highest BCUT2D eigenvalue weighted by Gasteiger charge is 2.20. The van der Waals surface area contributed by atoms with Crippen LogP contribution in [0.2, 0.25) is 0 Å². The molecule has 0 bridgehead atoms. The summed E-state index contributed by atoms with van der Waals surface area (Å²) >= 11 is 0. The van der Waals surface area contributed by atoms with Gasteiger partial charge < -0.3 is 19.7 Å². The third kappa shape index (κ3) is 7.94. The zero-order valence-electron chi connectivity index (χ0n) is 16.9. The fourth-order valence-electron chi connectivity index (χ4n) is 3.49. The predicted octanol–water partition coefficient (Wildman–Crippen LogP) is 3.26. The molecule has 1 atom stereocenters. The lowest BCUT2D eigenvalue weighted by molar-refractivity contribution is 0.0867. The number of rotatable bonds is 8. The second-order valence-corrected chi connectivity index (χ2v) is 6.89. The lowest BCUT2D eigenvalue weighted by Gasteiger charge is -2.34. The molecule has 0 heterocycles. The molecule has 26 heavy (non-hydrogen) atoms. The van der Waals surface area contributed by atoms with Crippen molar-refractivity contribution in [3.63, 3.8) is 0 Å². The van der Waals surface area contributed by atoms with Crippen LogP contribution in [0.4, 0.5) is 0 Å². The molecule has 0 aliphatic heterocycles. The number of likely N-dealkylation sites (N-methyl/N-ethyl adjacent to an activating group) is 1. The molecule has 1 aromatic carbocycles. The Labute approximate surface area is 158 Å². The van der Waals surface area contributed by atoms with Crippen LogP contribution in [0.3, 0.4) is 0 Å². The van der Waals surface area contributed by atoms with E-state index in [0.717, 1.165) is 24.7 Å². The van der Waals surface area contributed by atoms with E-state index in [1.807, 2.05) is 25.1 Å². The Hall–Kier alpha value is -1.30. The van der Waals surface area contributed by atoms with E-state index in [9.17, 15) is 5.11 Å². The minimum Gasteiger partial charge on any atom is -0.493 e. The third-order valence-electron chi connectivity index (χ3n) is 4.84. The molecule has 1 aromatic rings. The standard InChI is InChI=1S/C11H23NO.C10H14O3/c1-3-12(9-10(2)13)11-7-5-4-6-8-11;1-12-9-4-3-8(5-6-11)7-10(9)13-2/h10-11,13H,3-9H2,1-2H3;3-4,7,11H,5-6H2,1-2H3/t10-;/m1./s1. The van der Waals surface area contributed by atoms with Crippen molar-refractivity contribution < 1.29 is 19.7 Å². The van der Waals surface area contributed by atoms with E-state index in [-0.39, 0.29) is 12.7 Å². The number of aliphatic hydroxyl groups is 2.